The summed E-state index contributed by atoms with van der Waals surface area (Å²) >= 11 is 0. The summed E-state index contributed by atoms with van der Waals surface area (Å²) in [6.07, 6.45) is 3.01. The Morgan fingerprint density at radius 2 is 1.79 bits per heavy atom. The Morgan fingerprint density at radius 1 is 1.21 bits per heavy atom. The fourth-order valence-electron chi connectivity index (χ4n) is 2.31. The molecule has 1 saturated carbocycles. The summed E-state index contributed by atoms with van der Waals surface area (Å²) in [6, 6.07) is 0. The number of aliphatic hydroxyl groups is 2. The average Bonchev–Trinajstić information content (AvgIpc) is 2.12. The van der Waals surface area contributed by atoms with Crippen LogP contribution in [-0.4, -0.2) is 35.6 Å². The molecule has 0 amide bonds. The molecule has 0 aromatic carbocycles. The highest BCUT2D eigenvalue weighted by molar-refractivity contribution is 4.75. The van der Waals surface area contributed by atoms with E-state index in [4.69, 9.17) is 14.9 Å². The number of rotatable bonds is 4. The molecular weight excluding hydrogens is 180 g/mol. The fraction of sp³-hybridized carbons (Fsp3) is 1.00. The second-order valence-corrected chi connectivity index (χ2v) is 4.71. The second kappa shape index (κ2) is 5.69. The van der Waals surface area contributed by atoms with Crippen molar-refractivity contribution in [2.24, 2.45) is 11.8 Å². The van der Waals surface area contributed by atoms with Crippen LogP contribution in [0.2, 0.25) is 0 Å². The molecule has 14 heavy (non-hydrogen) atoms. The summed E-state index contributed by atoms with van der Waals surface area (Å²) in [5.41, 5.74) is 0. The molecule has 3 heteroatoms. The molecule has 0 heterocycles. The highest BCUT2D eigenvalue weighted by atomic mass is 16.5. The van der Waals surface area contributed by atoms with E-state index < -0.39 is 6.10 Å². The van der Waals surface area contributed by atoms with Gasteiger partial charge in [-0.2, -0.15) is 0 Å². The summed E-state index contributed by atoms with van der Waals surface area (Å²) in [5, 5.41) is 17.8. The van der Waals surface area contributed by atoms with Gasteiger partial charge in [-0.15, -0.1) is 0 Å². The lowest BCUT2D eigenvalue weighted by molar-refractivity contribution is -0.0529. The van der Waals surface area contributed by atoms with Crippen LogP contribution in [0, 0.1) is 11.8 Å². The summed E-state index contributed by atoms with van der Waals surface area (Å²) in [6.45, 7) is 4.54. The highest BCUT2D eigenvalue weighted by Crippen LogP contribution is 2.30. The first-order chi connectivity index (χ1) is 6.61. The average molecular weight is 202 g/mol. The summed E-state index contributed by atoms with van der Waals surface area (Å²) in [5.74, 6) is 1.44. The zero-order valence-corrected chi connectivity index (χ0v) is 9.15. The van der Waals surface area contributed by atoms with Crippen LogP contribution in [0.5, 0.6) is 0 Å². The van der Waals surface area contributed by atoms with Crippen LogP contribution in [0.4, 0.5) is 0 Å². The van der Waals surface area contributed by atoms with Crippen molar-refractivity contribution in [3.05, 3.63) is 0 Å². The Labute approximate surface area is 86.1 Å². The van der Waals surface area contributed by atoms with Gasteiger partial charge in [0.1, 0.15) is 6.10 Å². The minimum Gasteiger partial charge on any atom is -0.394 e. The van der Waals surface area contributed by atoms with Gasteiger partial charge >= 0.3 is 0 Å². The van der Waals surface area contributed by atoms with Gasteiger partial charge in [0, 0.05) is 0 Å². The van der Waals surface area contributed by atoms with Crippen molar-refractivity contribution >= 4 is 0 Å². The fourth-order valence-corrected chi connectivity index (χ4v) is 2.31. The topological polar surface area (TPSA) is 49.7 Å². The van der Waals surface area contributed by atoms with Gasteiger partial charge in [0.2, 0.25) is 0 Å². The van der Waals surface area contributed by atoms with Crippen molar-refractivity contribution in [3.8, 4) is 0 Å². The van der Waals surface area contributed by atoms with Crippen molar-refractivity contribution in [2.45, 2.75) is 45.3 Å². The van der Waals surface area contributed by atoms with E-state index in [-0.39, 0.29) is 19.3 Å². The third-order valence-electron chi connectivity index (χ3n) is 2.87. The van der Waals surface area contributed by atoms with E-state index in [0.717, 1.165) is 24.7 Å². The highest BCUT2D eigenvalue weighted by Gasteiger charge is 2.24. The van der Waals surface area contributed by atoms with E-state index in [2.05, 4.69) is 13.8 Å². The molecule has 2 N–H and O–H groups in total. The van der Waals surface area contributed by atoms with Crippen molar-refractivity contribution in [3.63, 3.8) is 0 Å². The molecule has 0 aliphatic heterocycles. The van der Waals surface area contributed by atoms with Gasteiger partial charge in [0.05, 0.1) is 19.3 Å². The summed E-state index contributed by atoms with van der Waals surface area (Å²) in [7, 11) is 0. The maximum absolute atomic E-state index is 9.15. The van der Waals surface area contributed by atoms with E-state index >= 15 is 0 Å². The molecule has 0 aromatic rings. The molecule has 0 bridgehead atoms. The third kappa shape index (κ3) is 3.95. The molecule has 3 atom stereocenters. The number of ether oxygens (including phenoxy) is 1. The van der Waals surface area contributed by atoms with E-state index in [1.54, 1.807) is 0 Å². The van der Waals surface area contributed by atoms with Crippen LogP contribution in [0.25, 0.3) is 0 Å². The van der Waals surface area contributed by atoms with Crippen molar-refractivity contribution < 1.29 is 14.9 Å². The van der Waals surface area contributed by atoms with Crippen molar-refractivity contribution in [2.75, 3.05) is 13.2 Å². The van der Waals surface area contributed by atoms with Crippen LogP contribution >= 0.6 is 0 Å². The Kier molecular flexibility index (Phi) is 4.85. The summed E-state index contributed by atoms with van der Waals surface area (Å²) in [4.78, 5) is 0. The Morgan fingerprint density at radius 3 is 2.29 bits per heavy atom. The summed E-state index contributed by atoms with van der Waals surface area (Å²) < 4.78 is 5.57. The molecular formula is C11H22O3. The molecule has 1 fully saturated rings. The maximum atomic E-state index is 9.15. The molecule has 0 saturated heterocycles. The van der Waals surface area contributed by atoms with Gasteiger partial charge < -0.3 is 14.9 Å². The first-order valence-corrected chi connectivity index (χ1v) is 5.52. The van der Waals surface area contributed by atoms with E-state index in [9.17, 15) is 0 Å². The molecule has 1 rings (SSSR count). The second-order valence-electron chi connectivity index (χ2n) is 4.71. The van der Waals surface area contributed by atoms with Crippen molar-refractivity contribution in [1.29, 1.82) is 0 Å². The number of hydrogen-bond donors (Lipinski definition) is 2. The van der Waals surface area contributed by atoms with E-state index in [0.29, 0.717) is 0 Å². The van der Waals surface area contributed by atoms with Crippen molar-refractivity contribution in [1.82, 2.24) is 0 Å². The molecule has 1 aliphatic rings. The minimum atomic E-state index is -0.720. The molecule has 0 spiro atoms. The van der Waals surface area contributed by atoms with Gasteiger partial charge in [-0.3, -0.25) is 0 Å². The first-order valence-electron chi connectivity index (χ1n) is 5.52. The van der Waals surface area contributed by atoms with Gasteiger partial charge in [0.15, 0.2) is 0 Å². The molecule has 0 aromatic heterocycles. The third-order valence-corrected chi connectivity index (χ3v) is 2.87. The largest absolute Gasteiger partial charge is 0.394 e. The predicted octanol–water partition coefficient (Wildman–Crippen LogP) is 1.18. The molecule has 1 aliphatic carbocycles. The van der Waals surface area contributed by atoms with Gasteiger partial charge in [-0.05, 0) is 31.1 Å². The molecule has 3 nitrogen and oxygen atoms in total. The Bertz CT molecular complexity index is 151. The SMILES string of the molecule is CC1CC(C)CC(OCC(O)CO)C1. The standard InChI is InChI=1S/C11H22O3/c1-8-3-9(2)5-11(4-8)14-7-10(13)6-12/h8-13H,3-7H2,1-2H3. The number of hydrogen-bond acceptors (Lipinski definition) is 3. The smallest absolute Gasteiger partial charge is 0.100 e. The predicted molar refractivity (Wildman–Crippen MR) is 55.0 cm³/mol. The lowest BCUT2D eigenvalue weighted by atomic mass is 9.82. The van der Waals surface area contributed by atoms with Crippen LogP contribution in [0.15, 0.2) is 0 Å². The van der Waals surface area contributed by atoms with Crippen LogP contribution in [0.1, 0.15) is 33.1 Å². The molecule has 3 unspecified atom stereocenters. The molecule has 0 radical (unpaired) electrons. The first kappa shape index (κ1) is 12.0. The quantitative estimate of drug-likeness (QED) is 0.719. The Hall–Kier alpha value is -0.120. The zero-order valence-electron chi connectivity index (χ0n) is 9.15. The zero-order chi connectivity index (χ0) is 10.6. The normalized spacial score (nSPS) is 35.6. The Balaban J connectivity index is 2.23. The van der Waals surface area contributed by atoms with Crippen LogP contribution in [-0.2, 0) is 4.74 Å². The van der Waals surface area contributed by atoms with E-state index in [1.807, 2.05) is 0 Å². The monoisotopic (exact) mass is 202 g/mol. The van der Waals surface area contributed by atoms with Gasteiger partial charge in [-0.25, -0.2) is 0 Å². The van der Waals surface area contributed by atoms with Gasteiger partial charge in [-0.1, -0.05) is 13.8 Å². The van der Waals surface area contributed by atoms with E-state index in [1.165, 1.54) is 6.42 Å². The van der Waals surface area contributed by atoms with Gasteiger partial charge in [0.25, 0.3) is 0 Å². The van der Waals surface area contributed by atoms with Crippen LogP contribution in [0.3, 0.4) is 0 Å². The number of aliphatic hydroxyl groups excluding tert-OH is 2. The minimum absolute atomic E-state index is 0.210. The lowest BCUT2D eigenvalue weighted by Crippen LogP contribution is -2.30. The molecule has 84 valence electrons. The maximum Gasteiger partial charge on any atom is 0.100 e. The lowest BCUT2D eigenvalue weighted by Gasteiger charge is -2.31. The van der Waals surface area contributed by atoms with Crippen LogP contribution < -0.4 is 0 Å².